The molecule has 8 heteroatoms. The molecule has 0 bridgehead atoms. The fraction of sp³-hybridized carbons (Fsp3) is 0.0909. The van der Waals surface area contributed by atoms with Gasteiger partial charge >= 0.3 is 5.69 Å². The summed E-state index contributed by atoms with van der Waals surface area (Å²) in [6.07, 6.45) is 0. The first-order chi connectivity index (χ1) is 14.5. The molecule has 5 aromatic rings. The summed E-state index contributed by atoms with van der Waals surface area (Å²) in [6, 6.07) is 16.8. The number of para-hydroxylation sites is 1. The lowest BCUT2D eigenvalue weighted by molar-refractivity contribution is 0.791. The van der Waals surface area contributed by atoms with E-state index in [1.165, 1.54) is 7.05 Å². The molecule has 0 aliphatic carbocycles. The number of halogens is 1. The molecule has 5 rings (SSSR count). The second kappa shape index (κ2) is 6.67. The highest BCUT2D eigenvalue weighted by Gasteiger charge is 2.22. The Morgan fingerprint density at radius 2 is 1.67 bits per heavy atom. The van der Waals surface area contributed by atoms with Crippen molar-refractivity contribution in [3.8, 4) is 16.8 Å². The van der Waals surface area contributed by atoms with Crippen molar-refractivity contribution in [1.82, 2.24) is 24.3 Å². The van der Waals surface area contributed by atoms with Crippen LogP contribution in [0.5, 0.6) is 0 Å². The van der Waals surface area contributed by atoms with Gasteiger partial charge in [-0.25, -0.2) is 14.5 Å². The Morgan fingerprint density at radius 1 is 0.967 bits per heavy atom. The molecule has 0 unspecified atom stereocenters. The van der Waals surface area contributed by atoms with Crippen LogP contribution in [-0.2, 0) is 7.05 Å². The molecule has 0 fully saturated rings. The summed E-state index contributed by atoms with van der Waals surface area (Å²) in [4.78, 5) is 32.7. The summed E-state index contributed by atoms with van der Waals surface area (Å²) in [6.45, 7) is 1.88. The number of pyridine rings is 1. The Kier molecular flexibility index (Phi) is 4.08. The first kappa shape index (κ1) is 18.3. The van der Waals surface area contributed by atoms with Gasteiger partial charge in [-0.05, 0) is 36.8 Å². The lowest BCUT2D eigenvalue weighted by Gasteiger charge is -2.11. The maximum atomic E-state index is 13.1. The normalized spacial score (nSPS) is 11.4. The largest absolute Gasteiger partial charge is 0.329 e. The molecule has 3 aromatic heterocycles. The number of nitrogens with zero attached hydrogens (tertiary/aromatic N) is 4. The molecule has 0 saturated carbocycles. The predicted octanol–water partition coefficient (Wildman–Crippen LogP) is 3.59. The van der Waals surface area contributed by atoms with E-state index >= 15 is 0 Å². The first-order valence-electron chi connectivity index (χ1n) is 9.29. The van der Waals surface area contributed by atoms with E-state index in [1.54, 1.807) is 16.8 Å². The van der Waals surface area contributed by atoms with Crippen LogP contribution in [0.2, 0.25) is 5.02 Å². The van der Waals surface area contributed by atoms with Crippen LogP contribution in [0.1, 0.15) is 5.69 Å². The highest BCUT2D eigenvalue weighted by atomic mass is 35.5. The van der Waals surface area contributed by atoms with Crippen molar-refractivity contribution in [2.75, 3.05) is 0 Å². The van der Waals surface area contributed by atoms with E-state index in [0.29, 0.717) is 21.6 Å². The Hall–Kier alpha value is -3.71. The second-order valence-corrected chi connectivity index (χ2v) is 7.48. The molecule has 7 nitrogen and oxygen atoms in total. The van der Waals surface area contributed by atoms with Crippen molar-refractivity contribution in [1.29, 1.82) is 0 Å². The van der Waals surface area contributed by atoms with Crippen molar-refractivity contribution in [3.63, 3.8) is 0 Å². The van der Waals surface area contributed by atoms with E-state index in [-0.39, 0.29) is 5.65 Å². The number of aromatic nitrogens is 5. The van der Waals surface area contributed by atoms with Crippen molar-refractivity contribution >= 4 is 33.7 Å². The molecule has 148 valence electrons. The van der Waals surface area contributed by atoms with Gasteiger partial charge in [-0.2, -0.15) is 5.10 Å². The fourth-order valence-electron chi connectivity index (χ4n) is 3.71. The van der Waals surface area contributed by atoms with Gasteiger partial charge in [0.2, 0.25) is 0 Å². The highest BCUT2D eigenvalue weighted by Crippen LogP contribution is 2.35. The number of hydrogen-bond donors (Lipinski definition) is 1. The van der Waals surface area contributed by atoms with Crippen LogP contribution in [-0.4, -0.2) is 24.3 Å². The summed E-state index contributed by atoms with van der Waals surface area (Å²) >= 11 is 6.09. The third-order valence-corrected chi connectivity index (χ3v) is 5.42. The number of rotatable bonds is 2. The quantitative estimate of drug-likeness (QED) is 0.475. The van der Waals surface area contributed by atoms with E-state index < -0.39 is 11.2 Å². The molecule has 30 heavy (non-hydrogen) atoms. The number of aryl methyl sites for hydroxylation is 1. The highest BCUT2D eigenvalue weighted by molar-refractivity contribution is 6.30. The van der Waals surface area contributed by atoms with Crippen molar-refractivity contribution in [2.45, 2.75) is 6.92 Å². The zero-order chi connectivity index (χ0) is 21.0. The Morgan fingerprint density at radius 3 is 2.37 bits per heavy atom. The van der Waals surface area contributed by atoms with Gasteiger partial charge < -0.3 is 0 Å². The lowest BCUT2D eigenvalue weighted by Crippen LogP contribution is -2.33. The van der Waals surface area contributed by atoms with Crippen molar-refractivity contribution in [3.05, 3.63) is 86.2 Å². The maximum Gasteiger partial charge on any atom is 0.329 e. The average Bonchev–Trinajstić information content (AvgIpc) is 3.08. The molecule has 0 spiro atoms. The van der Waals surface area contributed by atoms with Crippen LogP contribution >= 0.6 is 11.6 Å². The Bertz CT molecular complexity index is 1550. The average molecular weight is 418 g/mol. The fourth-order valence-corrected chi connectivity index (χ4v) is 3.84. The standard InChI is InChI=1S/C22H16ClN5O2/c1-12-16-17(13-8-10-14(23)11-9-13)18-19(25-22(30)27(2)21(18)29)24-20(16)28(26-12)15-6-4-3-5-7-15/h3-11H,1-2H3,(H,24,25,30). The van der Waals surface area contributed by atoms with Gasteiger partial charge in [-0.1, -0.05) is 41.9 Å². The van der Waals surface area contributed by atoms with Crippen LogP contribution in [0.4, 0.5) is 0 Å². The summed E-state index contributed by atoms with van der Waals surface area (Å²) < 4.78 is 2.77. The maximum absolute atomic E-state index is 13.1. The number of nitrogens with one attached hydrogen (secondary N) is 1. The first-order valence-corrected chi connectivity index (χ1v) is 9.67. The van der Waals surface area contributed by atoms with Gasteiger partial charge in [0.05, 0.1) is 22.2 Å². The molecule has 0 aliphatic heterocycles. The van der Waals surface area contributed by atoms with Gasteiger partial charge in [-0.3, -0.25) is 14.3 Å². The van der Waals surface area contributed by atoms with Crippen LogP contribution in [0.25, 0.3) is 38.9 Å². The minimum Gasteiger partial charge on any atom is -0.291 e. The van der Waals surface area contributed by atoms with Gasteiger partial charge in [0.15, 0.2) is 5.65 Å². The SMILES string of the molecule is Cc1nn(-c2ccccc2)c2nc3[nH]c(=O)n(C)c(=O)c3c(-c3ccc(Cl)cc3)c12. The van der Waals surface area contributed by atoms with Gasteiger partial charge in [-0.15, -0.1) is 0 Å². The molecule has 0 atom stereocenters. The number of benzene rings is 2. The molecular weight excluding hydrogens is 402 g/mol. The van der Waals surface area contributed by atoms with Crippen LogP contribution < -0.4 is 11.2 Å². The zero-order valence-electron chi connectivity index (χ0n) is 16.2. The topological polar surface area (TPSA) is 85.6 Å². The van der Waals surface area contributed by atoms with E-state index in [2.05, 4.69) is 15.1 Å². The van der Waals surface area contributed by atoms with E-state index in [4.69, 9.17) is 11.6 Å². The predicted molar refractivity (Wildman–Crippen MR) is 117 cm³/mol. The third-order valence-electron chi connectivity index (χ3n) is 5.17. The van der Waals surface area contributed by atoms with Crippen LogP contribution in [0.3, 0.4) is 0 Å². The number of aromatic amines is 1. The van der Waals surface area contributed by atoms with Crippen molar-refractivity contribution in [2.24, 2.45) is 7.05 Å². The summed E-state index contributed by atoms with van der Waals surface area (Å²) in [7, 11) is 1.44. The summed E-state index contributed by atoms with van der Waals surface area (Å²) in [5.74, 6) is 0. The molecule has 0 saturated heterocycles. The Balaban J connectivity index is 2.03. The monoisotopic (exact) mass is 417 g/mol. The van der Waals surface area contributed by atoms with Crippen LogP contribution in [0.15, 0.2) is 64.2 Å². The lowest BCUT2D eigenvalue weighted by atomic mass is 9.99. The van der Waals surface area contributed by atoms with Crippen LogP contribution in [0, 0.1) is 6.92 Å². The molecule has 0 aliphatic rings. The summed E-state index contributed by atoms with van der Waals surface area (Å²) in [5.41, 5.74) is 2.85. The molecule has 0 amide bonds. The minimum absolute atomic E-state index is 0.220. The van der Waals surface area contributed by atoms with E-state index in [1.807, 2.05) is 49.4 Å². The number of hydrogen-bond acceptors (Lipinski definition) is 4. The van der Waals surface area contributed by atoms with E-state index in [0.717, 1.165) is 26.9 Å². The Labute approximate surface area is 175 Å². The molecule has 0 radical (unpaired) electrons. The zero-order valence-corrected chi connectivity index (χ0v) is 16.9. The number of fused-ring (bicyclic) bond motifs is 2. The van der Waals surface area contributed by atoms with Crippen molar-refractivity contribution < 1.29 is 0 Å². The molecular formula is C22H16ClN5O2. The van der Waals surface area contributed by atoms with E-state index in [9.17, 15) is 9.59 Å². The van der Waals surface area contributed by atoms with Gasteiger partial charge in [0.25, 0.3) is 5.56 Å². The molecule has 1 N–H and O–H groups in total. The molecule has 2 aromatic carbocycles. The number of H-pyrrole nitrogens is 1. The second-order valence-electron chi connectivity index (χ2n) is 7.04. The smallest absolute Gasteiger partial charge is 0.291 e. The van der Waals surface area contributed by atoms with Gasteiger partial charge in [0, 0.05) is 17.6 Å². The minimum atomic E-state index is -0.524. The molecule has 3 heterocycles. The van der Waals surface area contributed by atoms with Gasteiger partial charge in [0.1, 0.15) is 5.65 Å². The summed E-state index contributed by atoms with van der Waals surface area (Å²) in [5, 5.41) is 6.36. The third kappa shape index (κ3) is 2.67.